The number of aromatic hydroxyl groups is 2. The van der Waals surface area contributed by atoms with Crippen LogP contribution < -0.4 is 0 Å². The lowest BCUT2D eigenvalue weighted by Gasteiger charge is -2.55. The molecule has 2 fully saturated rings. The molecule has 2 aliphatic heterocycles. The van der Waals surface area contributed by atoms with Gasteiger partial charge in [0, 0.05) is 23.2 Å². The van der Waals surface area contributed by atoms with E-state index >= 15 is 0 Å². The highest BCUT2D eigenvalue weighted by Gasteiger charge is 2.54. The second kappa shape index (κ2) is 11.6. The molecule has 7 heteroatoms. The van der Waals surface area contributed by atoms with Crippen molar-refractivity contribution in [2.75, 3.05) is 13.1 Å². The van der Waals surface area contributed by atoms with Crippen LogP contribution in [0.3, 0.4) is 0 Å². The number of aliphatic hydroxyl groups is 1. The molecule has 5 rings (SSSR count). The summed E-state index contributed by atoms with van der Waals surface area (Å²) in [7, 11) is 0. The van der Waals surface area contributed by atoms with Crippen LogP contribution in [0.1, 0.15) is 90.5 Å². The molecular weight excluding hydrogens is 468 g/mol. The second-order valence-corrected chi connectivity index (χ2v) is 11.0. The van der Waals surface area contributed by atoms with Crippen LogP contribution in [0.2, 0.25) is 0 Å². The molecule has 2 aliphatic carbocycles. The standard InChI is InChI=1S/C28H38N2O5.C2H6/c1-2-3-13-29-14-11-19-17-20(30-26(33)21-6-4-5-7-22(21)27(30)34)10-12-28(19,35)25(29)16-18-8-9-23(31)24(32)15-18;1-2/h8-9,15,19-20,25,31-32,35H,2-7,10-14,16-17H2,1H3;1-2H3/t19?,20?,25-,28?;/m1./s1. The molecule has 4 aliphatic rings. The third-order valence-electron chi connectivity index (χ3n) is 8.98. The van der Waals surface area contributed by atoms with Crippen molar-refractivity contribution in [2.45, 2.75) is 109 Å². The first-order chi connectivity index (χ1) is 17.8. The van der Waals surface area contributed by atoms with Gasteiger partial charge in [-0.3, -0.25) is 19.4 Å². The summed E-state index contributed by atoms with van der Waals surface area (Å²) < 4.78 is 0. The SMILES string of the molecule is CC.CCCCN1CCC2CC(N3C(=O)C4=C(CCCC4)C3=O)CCC2(O)[C@H]1Cc1ccc(O)c(O)c1. The van der Waals surface area contributed by atoms with Crippen LogP contribution in [0.25, 0.3) is 0 Å². The fourth-order valence-corrected chi connectivity index (χ4v) is 7.03. The van der Waals surface area contributed by atoms with Crippen molar-refractivity contribution in [1.82, 2.24) is 9.80 Å². The van der Waals surface area contributed by atoms with E-state index in [0.29, 0.717) is 38.5 Å². The third kappa shape index (κ3) is 5.17. The fourth-order valence-electron chi connectivity index (χ4n) is 7.03. The van der Waals surface area contributed by atoms with Gasteiger partial charge in [0.1, 0.15) is 0 Å². The van der Waals surface area contributed by atoms with E-state index in [1.54, 1.807) is 6.07 Å². The molecule has 4 atom stereocenters. The summed E-state index contributed by atoms with van der Waals surface area (Å²) in [5.41, 5.74) is 1.43. The van der Waals surface area contributed by atoms with Crippen molar-refractivity contribution in [1.29, 1.82) is 0 Å². The quantitative estimate of drug-likeness (QED) is 0.378. The van der Waals surface area contributed by atoms with Gasteiger partial charge in [-0.05, 0) is 101 Å². The molecule has 37 heavy (non-hydrogen) atoms. The summed E-state index contributed by atoms with van der Waals surface area (Å²) in [6, 6.07) is 4.63. The Morgan fingerprint density at radius 2 is 1.68 bits per heavy atom. The summed E-state index contributed by atoms with van der Waals surface area (Å²) in [5.74, 6) is -0.455. The first kappa shape index (κ1) is 27.6. The van der Waals surface area contributed by atoms with Gasteiger partial charge < -0.3 is 15.3 Å². The summed E-state index contributed by atoms with van der Waals surface area (Å²) in [6.45, 7) is 7.94. The highest BCUT2D eigenvalue weighted by Crippen LogP contribution is 2.47. The number of carbonyl (C=O) groups excluding carboxylic acids is 2. The maximum atomic E-state index is 13.2. The lowest BCUT2D eigenvalue weighted by molar-refractivity contribution is -0.161. The van der Waals surface area contributed by atoms with E-state index < -0.39 is 5.60 Å². The number of rotatable bonds is 6. The Bertz CT molecular complexity index is 1010. The van der Waals surface area contributed by atoms with E-state index in [2.05, 4.69) is 11.8 Å². The zero-order chi connectivity index (χ0) is 26.7. The van der Waals surface area contributed by atoms with Crippen molar-refractivity contribution >= 4 is 11.8 Å². The number of fused-ring (bicyclic) bond motifs is 1. The minimum Gasteiger partial charge on any atom is -0.504 e. The number of hydrogen-bond donors (Lipinski definition) is 3. The van der Waals surface area contributed by atoms with E-state index in [1.165, 1.54) is 11.0 Å². The minimum atomic E-state index is -0.922. The van der Waals surface area contributed by atoms with Crippen LogP contribution in [0.5, 0.6) is 11.5 Å². The summed E-state index contributed by atoms with van der Waals surface area (Å²) in [5, 5.41) is 31.9. The van der Waals surface area contributed by atoms with Crippen LogP contribution in [0.15, 0.2) is 29.3 Å². The molecule has 2 heterocycles. The number of piperidine rings is 1. The molecule has 1 saturated heterocycles. The molecule has 0 bridgehead atoms. The average Bonchev–Trinajstić information content (AvgIpc) is 3.17. The number of carbonyl (C=O) groups is 2. The molecule has 3 N–H and O–H groups in total. The van der Waals surface area contributed by atoms with Crippen molar-refractivity contribution in [2.24, 2.45) is 5.92 Å². The fraction of sp³-hybridized carbons (Fsp3) is 0.667. The number of amides is 2. The molecule has 1 saturated carbocycles. The maximum absolute atomic E-state index is 13.2. The molecular formula is C30H44N2O5. The van der Waals surface area contributed by atoms with Gasteiger partial charge in [-0.15, -0.1) is 0 Å². The number of unbranched alkanes of at least 4 members (excludes halogenated alkanes) is 1. The van der Waals surface area contributed by atoms with Gasteiger partial charge in [-0.1, -0.05) is 33.3 Å². The highest BCUT2D eigenvalue weighted by atomic mass is 16.3. The molecule has 7 nitrogen and oxygen atoms in total. The van der Waals surface area contributed by atoms with Gasteiger partial charge in [-0.25, -0.2) is 0 Å². The normalized spacial score (nSPS) is 30.1. The Kier molecular flexibility index (Phi) is 8.64. The van der Waals surface area contributed by atoms with E-state index in [4.69, 9.17) is 0 Å². The number of imide groups is 1. The van der Waals surface area contributed by atoms with Crippen LogP contribution in [0, 0.1) is 5.92 Å². The van der Waals surface area contributed by atoms with E-state index in [-0.39, 0.29) is 41.3 Å². The van der Waals surface area contributed by atoms with Gasteiger partial charge in [0.15, 0.2) is 11.5 Å². The smallest absolute Gasteiger partial charge is 0.257 e. The predicted octanol–water partition coefficient (Wildman–Crippen LogP) is 4.68. The summed E-state index contributed by atoms with van der Waals surface area (Å²) in [4.78, 5) is 30.2. The molecule has 0 radical (unpaired) electrons. The molecule has 1 aromatic rings. The molecule has 0 spiro atoms. The van der Waals surface area contributed by atoms with Crippen LogP contribution in [-0.4, -0.2) is 67.7 Å². The first-order valence-electron chi connectivity index (χ1n) is 14.4. The van der Waals surface area contributed by atoms with Crippen molar-refractivity contribution in [3.63, 3.8) is 0 Å². The van der Waals surface area contributed by atoms with Crippen LogP contribution >= 0.6 is 0 Å². The van der Waals surface area contributed by atoms with Crippen molar-refractivity contribution < 1.29 is 24.9 Å². The van der Waals surface area contributed by atoms with Gasteiger partial charge in [-0.2, -0.15) is 0 Å². The maximum Gasteiger partial charge on any atom is 0.257 e. The van der Waals surface area contributed by atoms with E-state index in [0.717, 1.165) is 61.9 Å². The summed E-state index contributed by atoms with van der Waals surface area (Å²) >= 11 is 0. The largest absolute Gasteiger partial charge is 0.504 e. The van der Waals surface area contributed by atoms with Gasteiger partial charge in [0.2, 0.25) is 0 Å². The zero-order valence-electron chi connectivity index (χ0n) is 22.7. The molecule has 2 amide bonds. The number of phenols is 2. The van der Waals surface area contributed by atoms with Gasteiger partial charge in [0.25, 0.3) is 11.8 Å². The highest BCUT2D eigenvalue weighted by molar-refractivity contribution is 6.19. The van der Waals surface area contributed by atoms with Gasteiger partial charge >= 0.3 is 0 Å². The minimum absolute atomic E-state index is 0.00747. The lowest BCUT2D eigenvalue weighted by atomic mass is 9.64. The topological polar surface area (TPSA) is 101 Å². The van der Waals surface area contributed by atoms with E-state index in [1.807, 2.05) is 19.9 Å². The second-order valence-electron chi connectivity index (χ2n) is 11.0. The monoisotopic (exact) mass is 512 g/mol. The number of benzene rings is 1. The van der Waals surface area contributed by atoms with Crippen molar-refractivity contribution in [3.8, 4) is 11.5 Å². The van der Waals surface area contributed by atoms with Crippen molar-refractivity contribution in [3.05, 3.63) is 34.9 Å². The summed E-state index contributed by atoms with van der Waals surface area (Å²) in [6.07, 6.45) is 8.72. The van der Waals surface area contributed by atoms with Crippen LogP contribution in [-0.2, 0) is 16.0 Å². The Labute approximate surface area is 221 Å². The number of likely N-dealkylation sites (tertiary alicyclic amines) is 1. The molecule has 1 aromatic carbocycles. The predicted molar refractivity (Wildman–Crippen MR) is 143 cm³/mol. The van der Waals surface area contributed by atoms with Crippen LogP contribution in [0.4, 0.5) is 0 Å². The zero-order valence-corrected chi connectivity index (χ0v) is 22.7. The molecule has 204 valence electrons. The first-order valence-corrected chi connectivity index (χ1v) is 14.4. The molecule has 3 unspecified atom stereocenters. The lowest BCUT2D eigenvalue weighted by Crippen LogP contribution is -2.65. The number of nitrogens with zero attached hydrogens (tertiary/aromatic N) is 2. The number of phenolic OH excluding ortho intramolecular Hbond substituents is 2. The van der Waals surface area contributed by atoms with Gasteiger partial charge in [0.05, 0.1) is 5.60 Å². The average molecular weight is 513 g/mol. The molecule has 0 aromatic heterocycles. The third-order valence-corrected chi connectivity index (χ3v) is 8.98. The Morgan fingerprint density at radius 1 is 1.00 bits per heavy atom. The van der Waals surface area contributed by atoms with E-state index in [9.17, 15) is 24.9 Å². The Hall–Kier alpha value is -2.38. The Balaban J connectivity index is 0.00000156. The number of hydrogen-bond acceptors (Lipinski definition) is 6. The Morgan fingerprint density at radius 3 is 2.30 bits per heavy atom.